The van der Waals surface area contributed by atoms with E-state index in [4.69, 9.17) is 0 Å². The van der Waals surface area contributed by atoms with Gasteiger partial charge in [0.2, 0.25) is 0 Å². The van der Waals surface area contributed by atoms with Gasteiger partial charge in [-0.05, 0) is 0 Å². The first-order chi connectivity index (χ1) is 8.45. The average molecular weight is 238 g/mol. The third-order valence-corrected chi connectivity index (χ3v) is 2.42. The predicted octanol–water partition coefficient (Wildman–Crippen LogP) is -1.20. The summed E-state index contributed by atoms with van der Waals surface area (Å²) >= 11 is 0. The van der Waals surface area contributed by atoms with Crippen LogP contribution in [0.25, 0.3) is 10.6 Å². The number of rotatable bonds is 6. The molecule has 0 bridgehead atoms. The topological polar surface area (TPSA) is 28.2 Å². The van der Waals surface area contributed by atoms with E-state index in [2.05, 4.69) is 10.6 Å². The quantitative estimate of drug-likeness (QED) is 0.446. The van der Waals surface area contributed by atoms with Crippen LogP contribution in [0.5, 0.6) is 0 Å². The van der Waals surface area contributed by atoms with Gasteiger partial charge in [-0.25, -0.2) is 0 Å². The molecule has 2 nitrogen and oxygen atoms in total. The zero-order chi connectivity index (χ0) is 11.8. The van der Waals surface area contributed by atoms with Crippen LogP contribution in [0, 0.1) is 0 Å². The molecule has 0 unspecified atom stereocenters. The number of hydrogen-bond donors (Lipinski definition) is 0. The first-order valence-electron chi connectivity index (χ1n) is 5.90. The van der Waals surface area contributed by atoms with Crippen LogP contribution in [0.1, 0.15) is 6.42 Å². The molecular weight excluding hydrogens is 222 g/mol. The van der Waals surface area contributed by atoms with Crippen LogP contribution in [0.2, 0.25) is 0 Å². The molecule has 0 aliphatic rings. The fourth-order valence-corrected chi connectivity index (χ4v) is 1.55. The molecule has 0 heterocycles. The van der Waals surface area contributed by atoms with Crippen molar-refractivity contribution in [2.24, 2.45) is 0 Å². The Labute approximate surface area is 139 Å². The third kappa shape index (κ3) is 7.41. The molecule has 2 rings (SSSR count). The van der Waals surface area contributed by atoms with E-state index in [0.29, 0.717) is 0 Å². The summed E-state index contributed by atoms with van der Waals surface area (Å²) in [6.45, 7) is 1.67. The Hall–Kier alpha value is -0.765. The Kier molecular flexibility index (Phi) is 10.6. The van der Waals surface area contributed by atoms with Gasteiger partial charge in [0.15, 0.2) is 0 Å². The molecule has 19 heavy (non-hydrogen) atoms. The number of para-hydroxylation sites is 2. The fourth-order valence-electron chi connectivity index (χ4n) is 1.55. The molecule has 0 spiro atoms. The van der Waals surface area contributed by atoms with Crippen molar-refractivity contribution in [3.63, 3.8) is 0 Å². The van der Waals surface area contributed by atoms with E-state index >= 15 is 0 Å². The van der Waals surface area contributed by atoms with E-state index in [1.54, 1.807) is 0 Å². The maximum absolute atomic E-state index is 4.48. The summed E-state index contributed by atoms with van der Waals surface area (Å²) in [6.07, 6.45) is 0.990. The van der Waals surface area contributed by atoms with Crippen molar-refractivity contribution >= 4 is 11.4 Å². The van der Waals surface area contributed by atoms with Crippen LogP contribution in [0.4, 0.5) is 11.4 Å². The minimum absolute atomic E-state index is 0. The summed E-state index contributed by atoms with van der Waals surface area (Å²) < 4.78 is 0. The molecule has 88 valence electrons. The predicted molar refractivity (Wildman–Crippen MR) is 73.3 cm³/mol. The van der Waals surface area contributed by atoms with E-state index in [9.17, 15) is 0 Å². The molecule has 0 aromatic heterocycles. The molecule has 0 saturated heterocycles. The Bertz CT molecular complexity index is 379. The van der Waals surface area contributed by atoms with Crippen LogP contribution >= 0.6 is 0 Å². The van der Waals surface area contributed by atoms with E-state index in [1.807, 2.05) is 60.7 Å². The van der Waals surface area contributed by atoms with Gasteiger partial charge in [0, 0.05) is 0 Å². The molecule has 0 atom stereocenters. The molecule has 0 amide bonds. The Morgan fingerprint density at radius 3 is 1.32 bits per heavy atom. The molecule has 0 N–H and O–H groups in total. The molecule has 0 aliphatic heterocycles. The van der Waals surface area contributed by atoms with Crippen molar-refractivity contribution in [1.82, 2.24) is 0 Å². The minimum Gasteiger partial charge on any atom is -0.684 e. The van der Waals surface area contributed by atoms with Crippen LogP contribution in [0.3, 0.4) is 0 Å². The summed E-state index contributed by atoms with van der Waals surface area (Å²) in [5.41, 5.74) is 2.10. The van der Waals surface area contributed by atoms with Gasteiger partial charge >= 0.3 is 37.7 Å². The molecule has 4 heteroatoms. The normalized spacial score (nSPS) is 8.84. The second-order valence-electron chi connectivity index (χ2n) is 3.79. The van der Waals surface area contributed by atoms with Crippen LogP contribution in [0.15, 0.2) is 60.7 Å². The number of benzene rings is 2. The molecule has 0 aliphatic carbocycles. The third-order valence-electron chi connectivity index (χ3n) is 2.42. The minimum atomic E-state index is 0. The van der Waals surface area contributed by atoms with Crippen LogP contribution < -0.4 is 37.7 Å². The van der Waals surface area contributed by atoms with Gasteiger partial charge in [0.1, 0.15) is 0 Å². The van der Waals surface area contributed by atoms with E-state index < -0.39 is 0 Å². The van der Waals surface area contributed by atoms with E-state index in [0.717, 1.165) is 30.9 Å². The molecular formula is C15H16Li2N2. The maximum atomic E-state index is 4.48. The smallest absolute Gasteiger partial charge is 0.684 e. The van der Waals surface area contributed by atoms with Crippen molar-refractivity contribution in [2.45, 2.75) is 6.42 Å². The fraction of sp³-hybridized carbons (Fsp3) is 0.200. The summed E-state index contributed by atoms with van der Waals surface area (Å²) in [5.74, 6) is 0. The summed E-state index contributed by atoms with van der Waals surface area (Å²) in [5, 5.41) is 8.95. The largest absolute Gasteiger partial charge is 1.00 e. The van der Waals surface area contributed by atoms with Gasteiger partial charge in [-0.1, -0.05) is 67.1 Å². The second-order valence-corrected chi connectivity index (χ2v) is 3.79. The van der Waals surface area contributed by atoms with E-state index in [-0.39, 0.29) is 37.7 Å². The maximum Gasteiger partial charge on any atom is 1.00 e. The van der Waals surface area contributed by atoms with Crippen molar-refractivity contribution in [3.05, 3.63) is 71.3 Å². The molecule has 0 radical (unpaired) electrons. The molecule has 0 saturated carbocycles. The molecule has 2 aromatic rings. The van der Waals surface area contributed by atoms with Crippen molar-refractivity contribution in [3.8, 4) is 0 Å². The van der Waals surface area contributed by atoms with Crippen molar-refractivity contribution in [1.29, 1.82) is 0 Å². The summed E-state index contributed by atoms with van der Waals surface area (Å²) in [6, 6.07) is 20.1. The summed E-state index contributed by atoms with van der Waals surface area (Å²) in [7, 11) is 0. The first kappa shape index (κ1) is 18.2. The number of nitrogens with zero attached hydrogens (tertiary/aromatic N) is 2. The van der Waals surface area contributed by atoms with Gasteiger partial charge in [-0.2, -0.15) is 0 Å². The SMILES string of the molecule is [Li+].[Li+].c1ccc([N-]CCC[N-]c2ccccc2)cc1. The second kappa shape index (κ2) is 11.1. The standard InChI is InChI=1S/C15H16N2.2Li/c1-3-8-14(9-4-1)16-12-7-13-17-15-10-5-2-6-11-15;;/h1-6,8-11H,7,12-13H2;;/q-2;2*+1. The average Bonchev–Trinajstić information content (AvgIpc) is 2.41. The van der Waals surface area contributed by atoms with Crippen molar-refractivity contribution < 1.29 is 37.7 Å². The van der Waals surface area contributed by atoms with Gasteiger partial charge in [-0.3, -0.25) is 0 Å². The Morgan fingerprint density at radius 1 is 0.579 bits per heavy atom. The Balaban J connectivity index is 0.00000162. The van der Waals surface area contributed by atoms with Gasteiger partial charge in [-0.15, -0.1) is 24.5 Å². The zero-order valence-corrected chi connectivity index (χ0v) is 11.8. The van der Waals surface area contributed by atoms with Crippen molar-refractivity contribution in [2.75, 3.05) is 13.1 Å². The molecule has 2 aromatic carbocycles. The molecule has 0 fully saturated rings. The summed E-state index contributed by atoms with van der Waals surface area (Å²) in [4.78, 5) is 0. The zero-order valence-electron chi connectivity index (χ0n) is 11.8. The van der Waals surface area contributed by atoms with Gasteiger partial charge in [0.25, 0.3) is 0 Å². The van der Waals surface area contributed by atoms with Crippen LogP contribution in [-0.4, -0.2) is 13.1 Å². The number of hydrogen-bond acceptors (Lipinski definition) is 0. The van der Waals surface area contributed by atoms with Gasteiger partial charge < -0.3 is 10.6 Å². The first-order valence-corrected chi connectivity index (χ1v) is 5.90. The van der Waals surface area contributed by atoms with Crippen LogP contribution in [-0.2, 0) is 0 Å². The Morgan fingerprint density at radius 2 is 0.947 bits per heavy atom. The monoisotopic (exact) mass is 238 g/mol. The van der Waals surface area contributed by atoms with E-state index in [1.165, 1.54) is 0 Å². The van der Waals surface area contributed by atoms with Gasteiger partial charge in [0.05, 0.1) is 0 Å².